The summed E-state index contributed by atoms with van der Waals surface area (Å²) in [5.74, 6) is -0.481. The van der Waals surface area contributed by atoms with Gasteiger partial charge in [-0.15, -0.1) is 0 Å². The van der Waals surface area contributed by atoms with Gasteiger partial charge in [0.25, 0.3) is 0 Å². The zero-order chi connectivity index (χ0) is 8.78. The van der Waals surface area contributed by atoms with Crippen LogP contribution < -0.4 is 0 Å². The zero-order valence-electron chi connectivity index (χ0n) is 4.99. The van der Waals surface area contributed by atoms with E-state index < -0.39 is 16.2 Å². The lowest BCUT2D eigenvalue weighted by Crippen LogP contribution is -1.89. The maximum Gasteiger partial charge on any atom is 0.394 e. The molecule has 0 bridgehead atoms. The predicted molar refractivity (Wildman–Crippen MR) is 34.6 cm³/mol. The normalized spacial score (nSPS) is 9.10. The average Bonchev–Trinajstić information content (AvgIpc) is 1.61. The van der Waals surface area contributed by atoms with Gasteiger partial charge in [0, 0.05) is 0 Å². The van der Waals surface area contributed by atoms with Crippen LogP contribution in [-0.2, 0) is 10.4 Å². The molecule has 10 heavy (non-hydrogen) atoms. The second kappa shape index (κ2) is 5.10. The highest BCUT2D eigenvalue weighted by molar-refractivity contribution is 7.79. The highest BCUT2D eigenvalue weighted by Gasteiger charge is 1.84. The quantitative estimate of drug-likeness (QED) is 0.454. The van der Waals surface area contributed by atoms with Crippen LogP contribution in [0.5, 0.6) is 0 Å². The van der Waals surface area contributed by atoms with E-state index in [-0.39, 0.29) is 0 Å². The van der Waals surface area contributed by atoms with Gasteiger partial charge in [0.15, 0.2) is 0 Å². The molecule has 0 radical (unpaired) electrons. The van der Waals surface area contributed by atoms with Gasteiger partial charge in [0.2, 0.25) is 0 Å². The molecule has 4 nitrogen and oxygen atoms in total. The van der Waals surface area contributed by atoms with Crippen molar-refractivity contribution in [2.24, 2.45) is 0 Å². The molecule has 0 saturated heterocycles. The van der Waals surface area contributed by atoms with E-state index in [2.05, 4.69) is 13.2 Å². The van der Waals surface area contributed by atoms with Crippen molar-refractivity contribution in [1.82, 2.24) is 0 Å². The van der Waals surface area contributed by atoms with Gasteiger partial charge in [-0.2, -0.15) is 8.42 Å². The third kappa shape index (κ3) is 175. The van der Waals surface area contributed by atoms with Crippen molar-refractivity contribution in [2.75, 3.05) is 0 Å². The molecule has 0 aliphatic rings. The molecule has 0 aliphatic heterocycles. The van der Waals surface area contributed by atoms with Gasteiger partial charge in [-0.05, 0) is 6.08 Å². The SMILES string of the molecule is C=CC(=C)F.O=S(=O)(O)O. The lowest BCUT2D eigenvalue weighted by Gasteiger charge is -1.68. The van der Waals surface area contributed by atoms with Crippen molar-refractivity contribution >= 4 is 10.4 Å². The Morgan fingerprint density at radius 1 is 1.50 bits per heavy atom. The van der Waals surface area contributed by atoms with Crippen LogP contribution in [0.4, 0.5) is 4.39 Å². The van der Waals surface area contributed by atoms with Crippen LogP contribution in [0, 0.1) is 0 Å². The van der Waals surface area contributed by atoms with Crippen molar-refractivity contribution in [2.45, 2.75) is 0 Å². The van der Waals surface area contributed by atoms with Gasteiger partial charge in [-0.1, -0.05) is 13.2 Å². The number of hydrogen-bond acceptors (Lipinski definition) is 2. The summed E-state index contributed by atoms with van der Waals surface area (Å²) in [5.41, 5.74) is 0. The zero-order valence-corrected chi connectivity index (χ0v) is 5.81. The second-order valence-electron chi connectivity index (χ2n) is 1.10. The van der Waals surface area contributed by atoms with E-state index >= 15 is 0 Å². The monoisotopic (exact) mass is 170 g/mol. The molecule has 0 fully saturated rings. The van der Waals surface area contributed by atoms with Crippen molar-refractivity contribution < 1.29 is 21.9 Å². The predicted octanol–water partition coefficient (Wildman–Crippen LogP) is 1.00. The third-order valence-electron chi connectivity index (χ3n) is 0.221. The van der Waals surface area contributed by atoms with E-state index in [0.29, 0.717) is 0 Å². The van der Waals surface area contributed by atoms with E-state index in [4.69, 9.17) is 17.5 Å². The maximum absolute atomic E-state index is 11.1. The Bertz CT molecular complexity index is 197. The van der Waals surface area contributed by atoms with Gasteiger partial charge >= 0.3 is 10.4 Å². The first-order valence-corrected chi connectivity index (χ1v) is 3.33. The first kappa shape index (κ1) is 12.0. The molecule has 2 N–H and O–H groups in total. The summed E-state index contributed by atoms with van der Waals surface area (Å²) in [7, 11) is -4.67. The number of hydrogen-bond donors (Lipinski definition) is 2. The van der Waals surface area contributed by atoms with Gasteiger partial charge in [0.1, 0.15) is 5.83 Å². The Morgan fingerprint density at radius 3 is 1.60 bits per heavy atom. The molecule has 0 aromatic rings. The Kier molecular flexibility index (Phi) is 6.12. The number of halogens is 1. The molecule has 0 aromatic carbocycles. The molecule has 0 amide bonds. The minimum absolute atomic E-state index is 0.481. The van der Waals surface area contributed by atoms with Gasteiger partial charge in [0.05, 0.1) is 0 Å². The van der Waals surface area contributed by atoms with E-state index in [9.17, 15) is 4.39 Å². The highest BCUT2D eigenvalue weighted by Crippen LogP contribution is 1.86. The summed E-state index contributed by atoms with van der Waals surface area (Å²) in [4.78, 5) is 0. The van der Waals surface area contributed by atoms with Gasteiger partial charge in [-0.25, -0.2) is 4.39 Å². The van der Waals surface area contributed by atoms with Gasteiger partial charge in [-0.3, -0.25) is 9.11 Å². The minimum atomic E-state index is -4.67. The smallest absolute Gasteiger partial charge is 0.264 e. The molecule has 0 saturated carbocycles. The fourth-order valence-electron chi connectivity index (χ4n) is 0. The van der Waals surface area contributed by atoms with Crippen molar-refractivity contribution in [3.8, 4) is 0 Å². The maximum atomic E-state index is 11.1. The topological polar surface area (TPSA) is 74.6 Å². The molecule has 6 heteroatoms. The lowest BCUT2D eigenvalue weighted by molar-refractivity contribution is 0.381. The largest absolute Gasteiger partial charge is 0.394 e. The fourth-order valence-corrected chi connectivity index (χ4v) is 0. The van der Waals surface area contributed by atoms with Crippen LogP contribution in [0.15, 0.2) is 25.1 Å². The van der Waals surface area contributed by atoms with E-state index in [1.165, 1.54) is 0 Å². The summed E-state index contributed by atoms with van der Waals surface area (Å²) >= 11 is 0. The van der Waals surface area contributed by atoms with E-state index in [1.54, 1.807) is 0 Å². The van der Waals surface area contributed by atoms with Crippen LogP contribution >= 0.6 is 0 Å². The van der Waals surface area contributed by atoms with Crippen LogP contribution in [0.2, 0.25) is 0 Å². The van der Waals surface area contributed by atoms with Crippen LogP contribution in [0.3, 0.4) is 0 Å². The molecule has 0 spiro atoms. The summed E-state index contributed by atoms with van der Waals surface area (Å²) in [5, 5.41) is 0. The summed E-state index contributed by atoms with van der Waals surface area (Å²) < 4.78 is 42.7. The lowest BCUT2D eigenvalue weighted by atomic mass is 10.6. The Morgan fingerprint density at radius 2 is 1.60 bits per heavy atom. The first-order chi connectivity index (χ1) is 4.27. The molecule has 0 rings (SSSR count). The molecule has 0 atom stereocenters. The number of rotatable bonds is 1. The summed E-state index contributed by atoms with van der Waals surface area (Å²) in [6.45, 7) is 5.97. The van der Waals surface area contributed by atoms with Crippen LogP contribution in [0.1, 0.15) is 0 Å². The average molecular weight is 170 g/mol. The van der Waals surface area contributed by atoms with Gasteiger partial charge < -0.3 is 0 Å². The molecule has 0 heterocycles. The van der Waals surface area contributed by atoms with Crippen LogP contribution in [-0.4, -0.2) is 17.5 Å². The minimum Gasteiger partial charge on any atom is -0.264 e. The van der Waals surface area contributed by atoms with Crippen molar-refractivity contribution in [3.63, 3.8) is 0 Å². The van der Waals surface area contributed by atoms with Crippen molar-refractivity contribution in [3.05, 3.63) is 25.1 Å². The van der Waals surface area contributed by atoms with Crippen molar-refractivity contribution in [1.29, 1.82) is 0 Å². The summed E-state index contributed by atoms with van der Waals surface area (Å²) in [6.07, 6.45) is 1.06. The molecule has 0 aliphatic carbocycles. The molecule has 0 aromatic heterocycles. The Balaban J connectivity index is 0. The first-order valence-electron chi connectivity index (χ1n) is 1.94. The molecule has 60 valence electrons. The fraction of sp³-hybridized carbons (Fsp3) is 0. The molecule has 0 unspecified atom stereocenters. The molecular formula is C4H7FO4S. The Labute approximate surface area is 58.3 Å². The van der Waals surface area contributed by atoms with E-state index in [1.807, 2.05) is 0 Å². The number of allylic oxidation sites excluding steroid dienone is 2. The summed E-state index contributed by atoms with van der Waals surface area (Å²) in [6, 6.07) is 0. The Hall–Kier alpha value is -0.720. The standard InChI is InChI=1S/C4H5F.H2O4S/c1-3-4(2)5;1-5(2,3)4/h3H,1-2H2;(H2,1,2,3,4). The second-order valence-corrected chi connectivity index (χ2v) is 1.99. The van der Waals surface area contributed by atoms with E-state index in [0.717, 1.165) is 6.08 Å². The van der Waals surface area contributed by atoms with Crippen LogP contribution in [0.25, 0.3) is 0 Å². The molecular weight excluding hydrogens is 163 g/mol. The highest BCUT2D eigenvalue weighted by atomic mass is 32.3. The third-order valence-corrected chi connectivity index (χ3v) is 0.221.